The molecule has 0 saturated carbocycles. The number of hydrogen-bond donors (Lipinski definition) is 2. The predicted octanol–water partition coefficient (Wildman–Crippen LogP) is 3.32. The zero-order valence-corrected chi connectivity index (χ0v) is 15.2. The summed E-state index contributed by atoms with van der Waals surface area (Å²) in [5.41, 5.74) is 11.1. The van der Waals surface area contributed by atoms with Gasteiger partial charge in [0.25, 0.3) is 5.91 Å². The summed E-state index contributed by atoms with van der Waals surface area (Å²) in [7, 11) is 0. The van der Waals surface area contributed by atoms with Crippen molar-refractivity contribution in [3.8, 4) is 0 Å². The maximum Gasteiger partial charge on any atom is 0.271 e. The molecule has 0 fully saturated rings. The standard InChI is InChI=1S/C18H20Cl2N4O/c19-9-11-24(12-10-20)17-7-1-14(2-8-17)13-22-23-18(25)15-3-5-16(21)6-4-15/h1-8,13H,9-12,21H2,(H,23,25)/b22-13+. The molecule has 0 heterocycles. The third kappa shape index (κ3) is 5.96. The second-order valence-corrected chi connectivity index (χ2v) is 6.03. The summed E-state index contributed by atoms with van der Waals surface area (Å²) in [5.74, 6) is 0.789. The summed E-state index contributed by atoms with van der Waals surface area (Å²) in [6.07, 6.45) is 1.59. The largest absolute Gasteiger partial charge is 0.399 e. The average molecular weight is 379 g/mol. The van der Waals surface area contributed by atoms with E-state index in [4.69, 9.17) is 28.9 Å². The van der Waals surface area contributed by atoms with E-state index in [1.54, 1.807) is 30.5 Å². The van der Waals surface area contributed by atoms with E-state index in [2.05, 4.69) is 15.4 Å². The van der Waals surface area contributed by atoms with Gasteiger partial charge in [-0.05, 0) is 42.0 Å². The van der Waals surface area contributed by atoms with Crippen LogP contribution in [0.15, 0.2) is 53.6 Å². The van der Waals surface area contributed by atoms with Gasteiger partial charge >= 0.3 is 0 Å². The van der Waals surface area contributed by atoms with Gasteiger partial charge in [-0.1, -0.05) is 12.1 Å². The molecule has 1 amide bonds. The van der Waals surface area contributed by atoms with Gasteiger partial charge in [0.2, 0.25) is 0 Å². The lowest BCUT2D eigenvalue weighted by atomic mass is 10.2. The first-order valence-corrected chi connectivity index (χ1v) is 8.87. The van der Waals surface area contributed by atoms with Crippen molar-refractivity contribution < 1.29 is 4.79 Å². The smallest absolute Gasteiger partial charge is 0.271 e. The molecule has 5 nitrogen and oxygen atoms in total. The number of hydrogen-bond acceptors (Lipinski definition) is 4. The normalized spacial score (nSPS) is 10.8. The number of carbonyl (C=O) groups is 1. The molecule has 0 bridgehead atoms. The van der Waals surface area contributed by atoms with Crippen LogP contribution in [0.5, 0.6) is 0 Å². The van der Waals surface area contributed by atoms with Crippen LogP contribution >= 0.6 is 23.2 Å². The number of hydrazone groups is 1. The first-order chi connectivity index (χ1) is 12.1. The highest BCUT2D eigenvalue weighted by atomic mass is 35.5. The highest BCUT2D eigenvalue weighted by Gasteiger charge is 2.05. The van der Waals surface area contributed by atoms with E-state index >= 15 is 0 Å². The van der Waals surface area contributed by atoms with Crippen molar-refractivity contribution in [1.29, 1.82) is 0 Å². The third-order valence-electron chi connectivity index (χ3n) is 3.52. The third-order valence-corrected chi connectivity index (χ3v) is 3.86. The SMILES string of the molecule is Nc1ccc(C(=O)N/N=C/c2ccc(N(CCCl)CCCl)cc2)cc1. The number of benzene rings is 2. The topological polar surface area (TPSA) is 70.7 Å². The van der Waals surface area contributed by atoms with E-state index < -0.39 is 0 Å². The molecular weight excluding hydrogens is 359 g/mol. The fourth-order valence-corrected chi connectivity index (χ4v) is 2.62. The molecule has 2 rings (SSSR count). The summed E-state index contributed by atoms with van der Waals surface area (Å²) in [6, 6.07) is 14.4. The van der Waals surface area contributed by atoms with Gasteiger partial charge in [-0.15, -0.1) is 23.2 Å². The van der Waals surface area contributed by atoms with Crippen molar-refractivity contribution in [3.63, 3.8) is 0 Å². The molecule has 7 heteroatoms. The summed E-state index contributed by atoms with van der Waals surface area (Å²) in [4.78, 5) is 14.1. The maximum atomic E-state index is 11.9. The Bertz CT molecular complexity index is 696. The molecule has 0 aliphatic rings. The summed E-state index contributed by atoms with van der Waals surface area (Å²) in [5, 5.41) is 3.98. The monoisotopic (exact) mass is 378 g/mol. The van der Waals surface area contributed by atoms with Crippen LogP contribution in [-0.2, 0) is 0 Å². The maximum absolute atomic E-state index is 11.9. The summed E-state index contributed by atoms with van der Waals surface area (Å²) in [6.45, 7) is 1.47. The number of nitrogens with two attached hydrogens (primary N) is 1. The molecule has 132 valence electrons. The molecule has 0 saturated heterocycles. The van der Waals surface area contributed by atoms with Gasteiger partial charge in [0, 0.05) is 41.8 Å². The number of nitrogens with zero attached hydrogens (tertiary/aromatic N) is 2. The van der Waals surface area contributed by atoms with Gasteiger partial charge in [-0.25, -0.2) is 5.43 Å². The molecule has 0 aliphatic heterocycles. The summed E-state index contributed by atoms with van der Waals surface area (Å²) < 4.78 is 0. The van der Waals surface area contributed by atoms with Crippen LogP contribution in [0.25, 0.3) is 0 Å². The van der Waals surface area contributed by atoms with Crippen molar-refractivity contribution in [2.75, 3.05) is 35.5 Å². The molecule has 0 aliphatic carbocycles. The number of alkyl halides is 2. The van der Waals surface area contributed by atoms with E-state index in [0.29, 0.717) is 23.0 Å². The second-order valence-electron chi connectivity index (χ2n) is 5.28. The van der Waals surface area contributed by atoms with Crippen LogP contribution in [0.1, 0.15) is 15.9 Å². The Morgan fingerprint density at radius 3 is 2.20 bits per heavy atom. The Morgan fingerprint density at radius 1 is 1.04 bits per heavy atom. The van der Waals surface area contributed by atoms with Gasteiger partial charge in [0.05, 0.1) is 6.21 Å². The Kier molecular flexibility index (Phi) is 7.57. The zero-order chi connectivity index (χ0) is 18.1. The van der Waals surface area contributed by atoms with Crippen LogP contribution in [0.4, 0.5) is 11.4 Å². The second kappa shape index (κ2) is 9.91. The quantitative estimate of drug-likeness (QED) is 0.320. The lowest BCUT2D eigenvalue weighted by Crippen LogP contribution is -2.27. The van der Waals surface area contributed by atoms with Crippen LogP contribution in [0.2, 0.25) is 0 Å². The fourth-order valence-electron chi connectivity index (χ4n) is 2.21. The zero-order valence-electron chi connectivity index (χ0n) is 13.7. The van der Waals surface area contributed by atoms with Crippen LogP contribution in [-0.4, -0.2) is 37.0 Å². The molecule has 0 aromatic heterocycles. The van der Waals surface area contributed by atoms with Gasteiger partial charge < -0.3 is 10.6 Å². The van der Waals surface area contributed by atoms with E-state index in [9.17, 15) is 4.79 Å². The molecule has 0 unspecified atom stereocenters. The van der Waals surface area contributed by atoms with Gasteiger partial charge in [-0.3, -0.25) is 4.79 Å². The molecule has 25 heavy (non-hydrogen) atoms. The number of anilines is 2. The first kappa shape index (κ1) is 19.1. The minimum absolute atomic E-state index is 0.289. The molecule has 0 spiro atoms. The van der Waals surface area contributed by atoms with Crippen molar-refractivity contribution in [2.45, 2.75) is 0 Å². The number of rotatable bonds is 8. The van der Waals surface area contributed by atoms with Crippen molar-refractivity contribution in [3.05, 3.63) is 59.7 Å². The highest BCUT2D eigenvalue weighted by Crippen LogP contribution is 2.15. The fraction of sp³-hybridized carbons (Fsp3) is 0.222. The van der Waals surface area contributed by atoms with Crippen molar-refractivity contribution in [1.82, 2.24) is 5.43 Å². The highest BCUT2D eigenvalue weighted by molar-refractivity contribution is 6.18. The molecule has 3 N–H and O–H groups in total. The first-order valence-electron chi connectivity index (χ1n) is 7.80. The van der Waals surface area contributed by atoms with Crippen LogP contribution in [0, 0.1) is 0 Å². The van der Waals surface area contributed by atoms with Gasteiger partial charge in [-0.2, -0.15) is 5.10 Å². The Balaban J connectivity index is 1.94. The molecule has 2 aromatic carbocycles. The lowest BCUT2D eigenvalue weighted by Gasteiger charge is -2.22. The predicted molar refractivity (Wildman–Crippen MR) is 106 cm³/mol. The van der Waals surface area contributed by atoms with Crippen LogP contribution in [0.3, 0.4) is 0 Å². The molecule has 0 atom stereocenters. The lowest BCUT2D eigenvalue weighted by molar-refractivity contribution is 0.0955. The average Bonchev–Trinajstić information content (AvgIpc) is 2.62. The number of amides is 1. The Morgan fingerprint density at radius 2 is 1.64 bits per heavy atom. The summed E-state index contributed by atoms with van der Waals surface area (Å²) >= 11 is 11.6. The number of nitrogen functional groups attached to an aromatic ring is 1. The van der Waals surface area contributed by atoms with Gasteiger partial charge in [0.1, 0.15) is 0 Å². The molecular formula is C18H20Cl2N4O. The molecule has 2 aromatic rings. The minimum atomic E-state index is -0.289. The molecule has 0 radical (unpaired) electrons. The van der Waals surface area contributed by atoms with Gasteiger partial charge in [0.15, 0.2) is 0 Å². The van der Waals surface area contributed by atoms with Crippen molar-refractivity contribution >= 4 is 46.7 Å². The van der Waals surface area contributed by atoms with E-state index in [1.807, 2.05) is 24.3 Å². The van der Waals surface area contributed by atoms with Crippen LogP contribution < -0.4 is 16.1 Å². The number of carbonyl (C=O) groups excluding carboxylic acids is 1. The minimum Gasteiger partial charge on any atom is -0.399 e. The van der Waals surface area contributed by atoms with Crippen molar-refractivity contribution in [2.24, 2.45) is 5.10 Å². The van der Waals surface area contributed by atoms with E-state index in [1.165, 1.54) is 0 Å². The Labute approximate surface area is 157 Å². The van der Waals surface area contributed by atoms with E-state index in [0.717, 1.165) is 24.3 Å². The Hall–Kier alpha value is -2.24. The number of nitrogens with one attached hydrogen (secondary N) is 1. The number of halogens is 2. The van der Waals surface area contributed by atoms with E-state index in [-0.39, 0.29) is 5.91 Å².